The molecule has 0 radical (unpaired) electrons. The second kappa shape index (κ2) is 7.42. The van der Waals surface area contributed by atoms with Crippen molar-refractivity contribution in [2.75, 3.05) is 23.3 Å². The van der Waals surface area contributed by atoms with Gasteiger partial charge in [-0.25, -0.2) is 4.98 Å². The fourth-order valence-electron chi connectivity index (χ4n) is 2.71. The largest absolute Gasteiger partial charge is 0.372 e. The third-order valence-electron chi connectivity index (χ3n) is 3.90. The van der Waals surface area contributed by atoms with Crippen LogP contribution >= 0.6 is 11.3 Å². The summed E-state index contributed by atoms with van der Waals surface area (Å²) in [6.45, 7) is 4.20. The number of hydrogen-bond acceptors (Lipinski definition) is 4. The molecule has 1 aromatic carbocycles. The average molecular weight is 327 g/mol. The number of nitrogens with one attached hydrogen (secondary N) is 1. The van der Waals surface area contributed by atoms with Gasteiger partial charge in [0, 0.05) is 35.9 Å². The van der Waals surface area contributed by atoms with E-state index in [1.807, 2.05) is 24.4 Å². The van der Waals surface area contributed by atoms with Crippen LogP contribution in [0.3, 0.4) is 0 Å². The molecule has 0 aliphatic carbocycles. The summed E-state index contributed by atoms with van der Waals surface area (Å²) in [6, 6.07) is 8.08. The van der Waals surface area contributed by atoms with E-state index in [0.29, 0.717) is 0 Å². The maximum absolute atomic E-state index is 11.9. The Labute approximate surface area is 140 Å². The van der Waals surface area contributed by atoms with Gasteiger partial charge in [-0.2, -0.15) is 0 Å². The molecule has 1 aliphatic rings. The molecule has 1 aliphatic heterocycles. The van der Waals surface area contributed by atoms with Gasteiger partial charge in [-0.05, 0) is 56.5 Å². The molecule has 1 aromatic heterocycles. The minimum Gasteiger partial charge on any atom is -0.372 e. The van der Waals surface area contributed by atoms with Crippen molar-refractivity contribution in [3.05, 3.63) is 46.4 Å². The molecule has 5 heteroatoms. The lowest BCUT2D eigenvalue weighted by Gasteiger charge is -2.28. The molecule has 0 bridgehead atoms. The monoisotopic (exact) mass is 327 g/mol. The van der Waals surface area contributed by atoms with Crippen LogP contribution in [0.1, 0.15) is 30.0 Å². The summed E-state index contributed by atoms with van der Waals surface area (Å²) in [5, 5.41) is 5.82. The van der Waals surface area contributed by atoms with Gasteiger partial charge in [0.15, 0.2) is 0 Å². The molecule has 3 rings (SSSR count). The normalized spacial score (nSPS) is 15.1. The van der Waals surface area contributed by atoms with Crippen molar-refractivity contribution in [1.82, 2.24) is 4.98 Å². The highest BCUT2D eigenvalue weighted by Crippen LogP contribution is 2.21. The number of carbonyl (C=O) groups excluding carboxylic acids is 1. The highest BCUT2D eigenvalue weighted by molar-refractivity contribution is 7.09. The van der Waals surface area contributed by atoms with E-state index in [1.165, 1.54) is 31.0 Å². The summed E-state index contributed by atoms with van der Waals surface area (Å²) in [4.78, 5) is 18.6. The summed E-state index contributed by atoms with van der Waals surface area (Å²) >= 11 is 1.58. The van der Waals surface area contributed by atoms with Crippen LogP contribution in [-0.4, -0.2) is 24.0 Å². The molecule has 0 spiro atoms. The van der Waals surface area contributed by atoms with E-state index in [9.17, 15) is 4.79 Å². The summed E-state index contributed by atoms with van der Waals surface area (Å²) in [5.74, 6) is -0.138. The smallest absolute Gasteiger partial charge is 0.248 e. The SMILES string of the molecule is Cc1nc(/C=C/C(=O)Nc2ccc(N3CCCCC3)cc2)cs1. The lowest BCUT2D eigenvalue weighted by atomic mass is 10.1. The first-order valence-electron chi connectivity index (χ1n) is 7.97. The molecular formula is C18H21N3OS. The number of piperidine rings is 1. The Hall–Kier alpha value is -2.14. The molecular weight excluding hydrogens is 306 g/mol. The van der Waals surface area contributed by atoms with E-state index in [2.05, 4.69) is 27.3 Å². The van der Waals surface area contributed by atoms with Crippen LogP contribution in [0, 0.1) is 6.92 Å². The van der Waals surface area contributed by atoms with Crippen molar-refractivity contribution in [2.24, 2.45) is 0 Å². The van der Waals surface area contributed by atoms with Crippen molar-refractivity contribution in [3.8, 4) is 0 Å². The van der Waals surface area contributed by atoms with Crippen molar-refractivity contribution in [2.45, 2.75) is 26.2 Å². The van der Waals surface area contributed by atoms with Crippen LogP contribution < -0.4 is 10.2 Å². The number of amides is 1. The zero-order valence-corrected chi connectivity index (χ0v) is 14.1. The topological polar surface area (TPSA) is 45.2 Å². The molecule has 120 valence electrons. The molecule has 1 amide bonds. The third-order valence-corrected chi connectivity index (χ3v) is 4.69. The number of benzene rings is 1. The van der Waals surface area contributed by atoms with Crippen LogP contribution in [0.25, 0.3) is 6.08 Å². The Morgan fingerprint density at radius 1 is 1.22 bits per heavy atom. The summed E-state index contributed by atoms with van der Waals surface area (Å²) in [7, 11) is 0. The van der Waals surface area contributed by atoms with Crippen LogP contribution in [-0.2, 0) is 4.79 Å². The number of aryl methyl sites for hydroxylation is 1. The van der Waals surface area contributed by atoms with E-state index in [1.54, 1.807) is 17.4 Å². The van der Waals surface area contributed by atoms with Gasteiger partial charge in [0.2, 0.25) is 5.91 Å². The number of nitrogens with zero attached hydrogens (tertiary/aromatic N) is 2. The molecule has 4 nitrogen and oxygen atoms in total. The molecule has 1 fully saturated rings. The van der Waals surface area contributed by atoms with Crippen LogP contribution in [0.5, 0.6) is 0 Å². The number of aromatic nitrogens is 1. The predicted octanol–water partition coefficient (Wildman–Crippen LogP) is 4.09. The fourth-order valence-corrected chi connectivity index (χ4v) is 3.29. The number of anilines is 2. The van der Waals surface area contributed by atoms with Gasteiger partial charge >= 0.3 is 0 Å². The van der Waals surface area contributed by atoms with E-state index in [0.717, 1.165) is 29.5 Å². The fraction of sp³-hybridized carbons (Fsp3) is 0.333. The average Bonchev–Trinajstić information content (AvgIpc) is 3.00. The van der Waals surface area contributed by atoms with E-state index in [4.69, 9.17) is 0 Å². The highest BCUT2D eigenvalue weighted by atomic mass is 32.1. The minimum absolute atomic E-state index is 0.138. The molecule has 2 heterocycles. The highest BCUT2D eigenvalue weighted by Gasteiger charge is 2.10. The van der Waals surface area contributed by atoms with Crippen molar-refractivity contribution < 1.29 is 4.79 Å². The molecule has 0 unspecified atom stereocenters. The summed E-state index contributed by atoms with van der Waals surface area (Å²) < 4.78 is 0. The van der Waals surface area contributed by atoms with E-state index >= 15 is 0 Å². The first-order chi connectivity index (χ1) is 11.2. The van der Waals surface area contributed by atoms with E-state index < -0.39 is 0 Å². The van der Waals surface area contributed by atoms with E-state index in [-0.39, 0.29) is 5.91 Å². The second-order valence-electron chi connectivity index (χ2n) is 5.71. The van der Waals surface area contributed by atoms with Crippen LogP contribution in [0.15, 0.2) is 35.7 Å². The zero-order chi connectivity index (χ0) is 16.1. The van der Waals surface area contributed by atoms with Crippen molar-refractivity contribution in [3.63, 3.8) is 0 Å². The Morgan fingerprint density at radius 2 is 1.96 bits per heavy atom. The van der Waals surface area contributed by atoms with Gasteiger partial charge in [0.25, 0.3) is 0 Å². The predicted molar refractivity (Wildman–Crippen MR) is 97.0 cm³/mol. The third kappa shape index (κ3) is 4.42. The van der Waals surface area contributed by atoms with Crippen LogP contribution in [0.4, 0.5) is 11.4 Å². The summed E-state index contributed by atoms with van der Waals surface area (Å²) in [5.41, 5.74) is 2.87. The Balaban J connectivity index is 1.57. The second-order valence-corrected chi connectivity index (χ2v) is 6.77. The number of carbonyl (C=O) groups is 1. The standard InChI is InChI=1S/C18H21N3OS/c1-14-19-16(13-23-14)7-10-18(22)20-15-5-8-17(9-6-15)21-11-3-2-4-12-21/h5-10,13H,2-4,11-12H2,1H3,(H,20,22)/b10-7+. The first-order valence-corrected chi connectivity index (χ1v) is 8.85. The molecule has 2 aromatic rings. The number of thiazole rings is 1. The molecule has 23 heavy (non-hydrogen) atoms. The van der Waals surface area contributed by atoms with Gasteiger partial charge in [0.1, 0.15) is 0 Å². The zero-order valence-electron chi connectivity index (χ0n) is 13.3. The van der Waals surface area contributed by atoms with Gasteiger partial charge in [-0.1, -0.05) is 0 Å². The quantitative estimate of drug-likeness (QED) is 0.860. The van der Waals surface area contributed by atoms with Crippen molar-refractivity contribution >= 4 is 34.7 Å². The lowest BCUT2D eigenvalue weighted by molar-refractivity contribution is -0.111. The Kier molecular flexibility index (Phi) is 5.08. The molecule has 0 atom stereocenters. The lowest BCUT2D eigenvalue weighted by Crippen LogP contribution is -2.29. The molecule has 1 N–H and O–H groups in total. The van der Waals surface area contributed by atoms with Gasteiger partial charge in [-0.3, -0.25) is 4.79 Å². The van der Waals surface area contributed by atoms with Gasteiger partial charge in [0.05, 0.1) is 10.7 Å². The van der Waals surface area contributed by atoms with Crippen molar-refractivity contribution in [1.29, 1.82) is 0 Å². The number of rotatable bonds is 4. The first kappa shape index (κ1) is 15.7. The Bertz CT molecular complexity index is 685. The maximum atomic E-state index is 11.9. The molecule has 0 saturated carbocycles. The Morgan fingerprint density at radius 3 is 2.61 bits per heavy atom. The van der Waals surface area contributed by atoms with Gasteiger partial charge < -0.3 is 10.2 Å². The van der Waals surface area contributed by atoms with Crippen LogP contribution in [0.2, 0.25) is 0 Å². The minimum atomic E-state index is -0.138. The maximum Gasteiger partial charge on any atom is 0.248 e. The van der Waals surface area contributed by atoms with Gasteiger partial charge in [-0.15, -0.1) is 11.3 Å². The molecule has 1 saturated heterocycles. The summed E-state index contributed by atoms with van der Waals surface area (Å²) in [6.07, 6.45) is 7.11. The number of hydrogen-bond donors (Lipinski definition) is 1.